The first-order valence-electron chi connectivity index (χ1n) is 10.4. The van der Waals surface area contributed by atoms with Gasteiger partial charge in [0.15, 0.2) is 16.4 Å². The van der Waals surface area contributed by atoms with E-state index in [0.29, 0.717) is 11.4 Å². The molecule has 0 N–H and O–H groups in total. The zero-order chi connectivity index (χ0) is 20.2. The van der Waals surface area contributed by atoms with Crippen LogP contribution in [0.3, 0.4) is 0 Å². The summed E-state index contributed by atoms with van der Waals surface area (Å²) in [6.07, 6.45) is 5.62. The normalized spacial score (nSPS) is 14.7. The van der Waals surface area contributed by atoms with Crippen LogP contribution in [0.25, 0.3) is 11.6 Å². The van der Waals surface area contributed by atoms with E-state index in [-0.39, 0.29) is 0 Å². The Balaban J connectivity index is 1.43. The topological polar surface area (TPSA) is 42.4 Å². The second-order valence-corrected chi connectivity index (χ2v) is 8.06. The molecule has 0 amide bonds. The number of anilines is 1. The van der Waals surface area contributed by atoms with Gasteiger partial charge in [-0.3, -0.25) is 9.47 Å². The van der Waals surface area contributed by atoms with Gasteiger partial charge in [-0.2, -0.15) is 0 Å². The van der Waals surface area contributed by atoms with Crippen molar-refractivity contribution in [3.63, 3.8) is 0 Å². The summed E-state index contributed by atoms with van der Waals surface area (Å²) in [4.78, 5) is 4.72. The zero-order valence-electron chi connectivity index (χ0n) is 17.3. The number of aromatic nitrogens is 3. The van der Waals surface area contributed by atoms with Crippen LogP contribution in [-0.4, -0.2) is 39.4 Å². The molecule has 0 unspecified atom stereocenters. The van der Waals surface area contributed by atoms with Crippen molar-refractivity contribution < 1.29 is 4.42 Å². The minimum Gasteiger partial charge on any atom is -0.461 e. The minimum absolute atomic E-state index is 0.632. The lowest BCUT2D eigenvalue weighted by molar-refractivity contribution is 0.244. The summed E-state index contributed by atoms with van der Waals surface area (Å²) in [5.41, 5.74) is 2.63. The average molecular weight is 412 g/mol. The van der Waals surface area contributed by atoms with Gasteiger partial charge in [-0.15, -0.1) is 5.10 Å². The fourth-order valence-corrected chi connectivity index (χ4v) is 4.28. The van der Waals surface area contributed by atoms with Crippen molar-refractivity contribution in [3.05, 3.63) is 53.0 Å². The molecule has 1 aliphatic rings. The molecule has 29 heavy (non-hydrogen) atoms. The van der Waals surface area contributed by atoms with Gasteiger partial charge < -0.3 is 9.32 Å². The number of piperidine rings is 1. The highest BCUT2D eigenvalue weighted by molar-refractivity contribution is 7.71. The van der Waals surface area contributed by atoms with Crippen LogP contribution in [-0.2, 0) is 19.8 Å². The lowest BCUT2D eigenvalue weighted by atomic mass is 10.1. The Morgan fingerprint density at radius 1 is 1.10 bits per heavy atom. The van der Waals surface area contributed by atoms with Crippen LogP contribution in [0.2, 0.25) is 0 Å². The highest BCUT2D eigenvalue weighted by atomic mass is 32.1. The minimum atomic E-state index is 0.632. The van der Waals surface area contributed by atoms with Gasteiger partial charge in [0.05, 0.1) is 12.9 Å². The van der Waals surface area contributed by atoms with E-state index in [9.17, 15) is 0 Å². The molecule has 3 heterocycles. The van der Waals surface area contributed by atoms with Gasteiger partial charge in [0.25, 0.3) is 0 Å². The monoisotopic (exact) mass is 411 g/mol. The highest BCUT2D eigenvalue weighted by Crippen LogP contribution is 2.21. The SMILES string of the molecule is CCn1c(-c2ccco2)nn(CN(C)Cc2ccc(N3CCCCC3)cc2)c1=S. The van der Waals surface area contributed by atoms with Gasteiger partial charge in [-0.05, 0) is 75.3 Å². The van der Waals surface area contributed by atoms with E-state index in [4.69, 9.17) is 21.7 Å². The third-order valence-corrected chi connectivity index (χ3v) is 5.90. The summed E-state index contributed by atoms with van der Waals surface area (Å²) in [6, 6.07) is 12.8. The molecule has 0 saturated carbocycles. The van der Waals surface area contributed by atoms with Gasteiger partial charge in [0.1, 0.15) is 0 Å². The van der Waals surface area contributed by atoms with Crippen molar-refractivity contribution in [2.45, 2.75) is 45.9 Å². The van der Waals surface area contributed by atoms with Crippen molar-refractivity contribution in [1.29, 1.82) is 0 Å². The van der Waals surface area contributed by atoms with Crippen molar-refractivity contribution in [2.75, 3.05) is 25.0 Å². The fraction of sp³-hybridized carbons (Fsp3) is 0.455. The molecule has 1 aliphatic heterocycles. The molecule has 0 atom stereocenters. The molecule has 2 aromatic heterocycles. The van der Waals surface area contributed by atoms with Crippen LogP contribution in [0.1, 0.15) is 31.7 Å². The molecule has 6 nitrogen and oxygen atoms in total. The van der Waals surface area contributed by atoms with Gasteiger partial charge >= 0.3 is 0 Å². The van der Waals surface area contributed by atoms with Crippen LogP contribution >= 0.6 is 12.2 Å². The molecular weight excluding hydrogens is 382 g/mol. The lowest BCUT2D eigenvalue weighted by Gasteiger charge is -2.29. The van der Waals surface area contributed by atoms with Crippen LogP contribution in [0.15, 0.2) is 47.1 Å². The molecule has 3 aromatic rings. The van der Waals surface area contributed by atoms with Crippen molar-refractivity contribution in [2.24, 2.45) is 0 Å². The first-order chi connectivity index (χ1) is 14.2. The largest absolute Gasteiger partial charge is 0.461 e. The number of nitrogens with zero attached hydrogens (tertiary/aromatic N) is 5. The molecule has 154 valence electrons. The fourth-order valence-electron chi connectivity index (χ4n) is 3.96. The van der Waals surface area contributed by atoms with Crippen molar-refractivity contribution in [1.82, 2.24) is 19.2 Å². The molecule has 0 radical (unpaired) electrons. The maximum absolute atomic E-state index is 5.65. The smallest absolute Gasteiger partial charge is 0.199 e. The van der Waals surface area contributed by atoms with Gasteiger partial charge in [-0.25, -0.2) is 4.68 Å². The molecule has 1 saturated heterocycles. The maximum Gasteiger partial charge on any atom is 0.199 e. The quantitative estimate of drug-likeness (QED) is 0.524. The van der Waals surface area contributed by atoms with Crippen LogP contribution in [0.5, 0.6) is 0 Å². The second kappa shape index (κ2) is 8.97. The second-order valence-electron chi connectivity index (χ2n) is 7.70. The summed E-state index contributed by atoms with van der Waals surface area (Å²) in [6.45, 7) is 6.66. The number of rotatable bonds is 7. The van der Waals surface area contributed by atoms with E-state index >= 15 is 0 Å². The standard InChI is InChI=1S/C22H29N5OS/c1-3-26-21(20-8-7-15-28-20)23-27(22(26)29)17-24(2)16-18-9-11-19(12-10-18)25-13-5-4-6-14-25/h7-12,15H,3-6,13-14,16-17H2,1-2H3. The number of benzene rings is 1. The Bertz CT molecular complexity index is 968. The summed E-state index contributed by atoms with van der Waals surface area (Å²) < 4.78 is 10.1. The summed E-state index contributed by atoms with van der Waals surface area (Å²) in [7, 11) is 2.10. The van der Waals surface area contributed by atoms with E-state index in [1.54, 1.807) is 6.26 Å². The van der Waals surface area contributed by atoms with Crippen molar-refractivity contribution >= 4 is 17.9 Å². The van der Waals surface area contributed by atoms with Crippen LogP contribution in [0.4, 0.5) is 5.69 Å². The lowest BCUT2D eigenvalue weighted by Crippen LogP contribution is -2.29. The number of hydrogen-bond acceptors (Lipinski definition) is 5. The van der Waals surface area contributed by atoms with E-state index < -0.39 is 0 Å². The number of hydrogen-bond donors (Lipinski definition) is 0. The molecular formula is C22H29N5OS. The third-order valence-electron chi connectivity index (χ3n) is 5.47. The van der Waals surface area contributed by atoms with Gasteiger partial charge in [-0.1, -0.05) is 12.1 Å². The predicted octanol–water partition coefficient (Wildman–Crippen LogP) is 4.77. The Morgan fingerprint density at radius 3 is 2.52 bits per heavy atom. The predicted molar refractivity (Wildman–Crippen MR) is 118 cm³/mol. The molecule has 7 heteroatoms. The molecule has 0 aliphatic carbocycles. The molecule has 4 rings (SSSR count). The molecule has 0 spiro atoms. The molecule has 0 bridgehead atoms. The Hall–Kier alpha value is -2.38. The summed E-state index contributed by atoms with van der Waals surface area (Å²) in [5.74, 6) is 1.52. The third kappa shape index (κ3) is 4.46. The van der Waals surface area contributed by atoms with E-state index in [1.165, 1.54) is 43.6 Å². The molecule has 1 aromatic carbocycles. The maximum atomic E-state index is 5.65. The average Bonchev–Trinajstić information content (AvgIpc) is 3.38. The van der Waals surface area contributed by atoms with E-state index in [2.05, 4.69) is 48.0 Å². The Kier molecular flexibility index (Phi) is 6.16. The first-order valence-corrected chi connectivity index (χ1v) is 10.8. The van der Waals surface area contributed by atoms with E-state index in [0.717, 1.165) is 24.7 Å². The first kappa shape index (κ1) is 19.9. The molecule has 1 fully saturated rings. The van der Waals surface area contributed by atoms with Gasteiger partial charge in [0.2, 0.25) is 0 Å². The zero-order valence-corrected chi connectivity index (χ0v) is 18.1. The Morgan fingerprint density at radius 2 is 1.86 bits per heavy atom. The van der Waals surface area contributed by atoms with Crippen molar-refractivity contribution in [3.8, 4) is 11.6 Å². The summed E-state index contributed by atoms with van der Waals surface area (Å²) >= 11 is 5.65. The summed E-state index contributed by atoms with van der Waals surface area (Å²) in [5, 5.41) is 4.71. The van der Waals surface area contributed by atoms with Crippen LogP contribution < -0.4 is 4.90 Å². The number of furan rings is 1. The van der Waals surface area contributed by atoms with E-state index in [1.807, 2.05) is 21.4 Å². The van der Waals surface area contributed by atoms with Crippen LogP contribution in [0, 0.1) is 4.77 Å². The van der Waals surface area contributed by atoms with Gasteiger partial charge in [0, 0.05) is 31.9 Å². The highest BCUT2D eigenvalue weighted by Gasteiger charge is 2.15. The Labute approximate surface area is 177 Å².